The first kappa shape index (κ1) is 56.5. The van der Waals surface area contributed by atoms with Crippen LogP contribution in [0.4, 0.5) is 0 Å². The molecule has 2 heterocycles. The van der Waals surface area contributed by atoms with Crippen LogP contribution in [-0.4, -0.2) is 160 Å². The molecule has 22 heteroatoms. The number of aliphatic carboxylic acids is 1. The first-order valence-electron chi connectivity index (χ1n) is 23.7. The van der Waals surface area contributed by atoms with Gasteiger partial charge in [-0.15, -0.1) is 0 Å². The summed E-state index contributed by atoms with van der Waals surface area (Å²) in [6, 6.07) is 7.40. The predicted molar refractivity (Wildman–Crippen MR) is 261 cm³/mol. The van der Waals surface area contributed by atoms with Crippen molar-refractivity contribution in [1.82, 2.24) is 36.4 Å². The van der Waals surface area contributed by atoms with Crippen LogP contribution in [0.1, 0.15) is 69.9 Å². The minimum absolute atomic E-state index is 0.0190. The molecule has 0 radical (unpaired) electrons. The highest BCUT2D eigenvalue weighted by Crippen LogP contribution is 2.35. The smallest absolute Gasteiger partial charge is 0.305 e. The molecular weight excluding hydrogens is 925 g/mol. The fraction of sp³-hybridized carbons (Fsp3) is 0.562. The number of nitrogens with zero attached hydrogens (tertiary/aromatic N) is 2. The summed E-state index contributed by atoms with van der Waals surface area (Å²) in [6.07, 6.45) is 3.17. The van der Waals surface area contributed by atoms with Crippen LogP contribution in [0.15, 0.2) is 60.7 Å². The number of fused-ring (bicyclic) bond motifs is 1. The largest absolute Gasteiger partial charge is 0.481 e. The molecule has 2 aromatic carbocycles. The highest BCUT2D eigenvalue weighted by molar-refractivity contribution is 7.98. The van der Waals surface area contributed by atoms with Gasteiger partial charge in [-0.2, -0.15) is 11.8 Å². The third-order valence-corrected chi connectivity index (χ3v) is 13.0. The number of hydrogen-bond donors (Lipinski definition) is 10. The van der Waals surface area contributed by atoms with Gasteiger partial charge in [-0.1, -0.05) is 80.9 Å². The Balaban J connectivity index is 1.58. The first-order chi connectivity index (χ1) is 33.4. The Morgan fingerprint density at radius 2 is 1.29 bits per heavy atom. The number of aliphatic hydroxyl groups is 1. The maximum absolute atomic E-state index is 14.8. The van der Waals surface area contributed by atoms with Gasteiger partial charge in [0.05, 0.1) is 19.1 Å². The van der Waals surface area contributed by atoms with E-state index in [0.29, 0.717) is 49.1 Å². The van der Waals surface area contributed by atoms with Gasteiger partial charge in [0.2, 0.25) is 47.3 Å². The third kappa shape index (κ3) is 16.5. The zero-order chi connectivity index (χ0) is 51.5. The monoisotopic (exact) mass is 994 g/mol. The minimum Gasteiger partial charge on any atom is -0.481 e. The van der Waals surface area contributed by atoms with Crippen LogP contribution >= 0.6 is 11.8 Å². The number of carboxylic acids is 1. The van der Waals surface area contributed by atoms with Crippen LogP contribution in [0, 0.1) is 11.8 Å². The molecule has 2 aromatic rings. The lowest BCUT2D eigenvalue weighted by Crippen LogP contribution is -2.61. The zero-order valence-electron chi connectivity index (χ0n) is 40.0. The van der Waals surface area contributed by atoms with E-state index in [1.807, 2.05) is 20.1 Å². The molecule has 8 amide bonds. The van der Waals surface area contributed by atoms with E-state index in [2.05, 4.69) is 26.6 Å². The van der Waals surface area contributed by atoms with Crippen LogP contribution in [0.5, 0.6) is 0 Å². The average Bonchev–Trinajstić information content (AvgIpc) is 3.89. The number of primary amides is 1. The van der Waals surface area contributed by atoms with Gasteiger partial charge in [-0.25, -0.2) is 0 Å². The summed E-state index contributed by atoms with van der Waals surface area (Å²) in [5.74, 6) is -7.25. The second-order valence-corrected chi connectivity index (χ2v) is 19.2. The summed E-state index contributed by atoms with van der Waals surface area (Å²) in [5, 5.41) is 32.6. The van der Waals surface area contributed by atoms with E-state index in [1.54, 1.807) is 60.7 Å². The number of unbranched alkanes of at least 4 members (excludes halogenated alkanes) is 1. The second kappa shape index (κ2) is 27.9. The summed E-state index contributed by atoms with van der Waals surface area (Å²) in [5.41, 5.74) is 18.4. The van der Waals surface area contributed by atoms with Crippen molar-refractivity contribution in [3.8, 4) is 0 Å². The van der Waals surface area contributed by atoms with E-state index >= 15 is 0 Å². The topological polar surface area (TPSA) is 339 Å². The molecule has 0 aliphatic carbocycles. The van der Waals surface area contributed by atoms with E-state index in [9.17, 15) is 53.4 Å². The molecule has 13 N–H and O–H groups in total. The van der Waals surface area contributed by atoms with Crippen LogP contribution in [0.3, 0.4) is 0 Å². The van der Waals surface area contributed by atoms with Gasteiger partial charge in [0.15, 0.2) is 0 Å². The number of carboxylic acid groups (broad SMARTS) is 1. The van der Waals surface area contributed by atoms with Crippen molar-refractivity contribution in [1.29, 1.82) is 0 Å². The lowest BCUT2D eigenvalue weighted by atomic mass is 10.0. The molecule has 2 unspecified atom stereocenters. The lowest BCUT2D eigenvalue weighted by Gasteiger charge is -2.33. The van der Waals surface area contributed by atoms with Gasteiger partial charge in [-0.05, 0) is 67.7 Å². The van der Waals surface area contributed by atoms with Crippen molar-refractivity contribution in [3.63, 3.8) is 0 Å². The van der Waals surface area contributed by atoms with Crippen molar-refractivity contribution < 1.29 is 53.4 Å². The van der Waals surface area contributed by atoms with Crippen molar-refractivity contribution >= 4 is 65.0 Å². The summed E-state index contributed by atoms with van der Waals surface area (Å²) >= 11 is 1.49. The van der Waals surface area contributed by atoms with Crippen LogP contribution in [0.25, 0.3) is 0 Å². The highest BCUT2D eigenvalue weighted by atomic mass is 32.2. The van der Waals surface area contributed by atoms with E-state index in [-0.39, 0.29) is 50.6 Å². The molecule has 2 aliphatic rings. The van der Waals surface area contributed by atoms with Gasteiger partial charge >= 0.3 is 5.97 Å². The predicted octanol–water partition coefficient (Wildman–Crippen LogP) is -1.47. The first-order valence-corrected chi connectivity index (χ1v) is 25.0. The molecule has 2 aliphatic heterocycles. The normalized spacial score (nSPS) is 18.4. The number of benzene rings is 2. The number of hydrogen-bond acceptors (Lipinski definition) is 13. The summed E-state index contributed by atoms with van der Waals surface area (Å²) in [4.78, 5) is 125. The summed E-state index contributed by atoms with van der Waals surface area (Å²) in [7, 11) is 0. The molecule has 384 valence electrons. The van der Waals surface area contributed by atoms with Crippen LogP contribution < -0.4 is 43.8 Å². The van der Waals surface area contributed by atoms with Crippen LogP contribution in [-0.2, 0) is 56.0 Å². The van der Waals surface area contributed by atoms with Crippen molar-refractivity contribution in [3.05, 3.63) is 71.8 Å². The van der Waals surface area contributed by atoms with Gasteiger partial charge in [0.1, 0.15) is 42.3 Å². The van der Waals surface area contributed by atoms with Gasteiger partial charge in [0, 0.05) is 31.8 Å². The summed E-state index contributed by atoms with van der Waals surface area (Å²) in [6.45, 7) is 3.55. The minimum atomic E-state index is -1.73. The number of nitrogens with one attached hydrogen (secondary N) is 5. The Bertz CT molecular complexity index is 2120. The molecule has 9 atom stereocenters. The molecule has 0 spiro atoms. The fourth-order valence-corrected chi connectivity index (χ4v) is 9.13. The van der Waals surface area contributed by atoms with Crippen molar-refractivity contribution in [2.45, 2.75) is 120 Å². The standard InChI is InChI=1S/C48H70N10O11S/c1-28(2)22-38(46(67)52-33(41(51)62)18-21-70-3)58-26-31-17-20-57(40(31)48(58)69)47(68)36(24-30-14-8-5-9-15-30)55-43(64)34(23-29-12-6-4-7-13-29)54-45(66)37(27-59)56-44(65)35(25-39(60)61)53-42(63)32(50)16-10-11-19-49/h4-9,12-15,28,31-38,40,59H,10-11,16-27,49-50H2,1-3H3,(H2,51,62)(H,52,67)(H,53,63)(H,54,66)(H,55,64)(H,56,65)(H,60,61)/t31?,32-,33-,34-,35-,36-,37-,38-,40?/m0/s1. The number of thioether (sulfide) groups is 1. The maximum atomic E-state index is 14.8. The van der Waals surface area contributed by atoms with Gasteiger partial charge in [0.25, 0.3) is 0 Å². The number of amides is 8. The Morgan fingerprint density at radius 1 is 0.743 bits per heavy atom. The molecule has 21 nitrogen and oxygen atoms in total. The quantitative estimate of drug-likeness (QED) is 0.0417. The number of rotatable bonds is 29. The number of carbonyl (C=O) groups excluding carboxylic acids is 8. The zero-order valence-corrected chi connectivity index (χ0v) is 40.9. The molecule has 2 fully saturated rings. The Kier molecular flexibility index (Phi) is 22.5. The number of aliphatic hydroxyl groups excluding tert-OH is 1. The molecule has 70 heavy (non-hydrogen) atoms. The molecule has 4 rings (SSSR count). The van der Waals surface area contributed by atoms with Gasteiger partial charge < -0.3 is 63.8 Å². The maximum Gasteiger partial charge on any atom is 0.305 e. The van der Waals surface area contributed by atoms with E-state index in [4.69, 9.17) is 17.2 Å². The third-order valence-electron chi connectivity index (χ3n) is 12.4. The Labute approximate surface area is 412 Å². The SMILES string of the molecule is CSCC[C@H](NC(=O)[C@H](CC(C)C)N1CC2CCN(C(=O)[C@H](Cc3ccccc3)NC(=O)[C@H](Cc3ccccc3)NC(=O)[C@H](CO)NC(=O)[C@H](CC(=O)O)NC(=O)[C@@H](N)CCCCN)C2C1=O)C(N)=O. The Morgan fingerprint density at radius 3 is 1.84 bits per heavy atom. The molecule has 0 aromatic heterocycles. The van der Waals surface area contributed by atoms with E-state index in [0.717, 1.165) is 0 Å². The van der Waals surface area contributed by atoms with E-state index in [1.165, 1.54) is 21.6 Å². The second-order valence-electron chi connectivity index (χ2n) is 18.2. The highest BCUT2D eigenvalue weighted by Gasteiger charge is 2.53. The fourth-order valence-electron chi connectivity index (χ4n) is 8.66. The number of nitrogens with two attached hydrogens (primary N) is 3. The molecule has 2 saturated heterocycles. The number of carbonyl (C=O) groups is 9. The molecule has 0 saturated carbocycles. The lowest BCUT2D eigenvalue weighted by molar-refractivity contribution is -0.146. The Hall–Kier alpha value is -6.10. The van der Waals surface area contributed by atoms with Crippen molar-refractivity contribution in [2.24, 2.45) is 29.0 Å². The number of likely N-dealkylation sites (tertiary alicyclic amines) is 2. The van der Waals surface area contributed by atoms with Crippen LogP contribution in [0.2, 0.25) is 0 Å². The van der Waals surface area contributed by atoms with Gasteiger partial charge in [-0.3, -0.25) is 43.2 Å². The van der Waals surface area contributed by atoms with Crippen molar-refractivity contribution in [2.75, 3.05) is 38.2 Å². The van der Waals surface area contributed by atoms with E-state index < -0.39 is 115 Å². The average molecular weight is 995 g/mol. The summed E-state index contributed by atoms with van der Waals surface area (Å²) < 4.78 is 0. The molecule has 0 bridgehead atoms. The molecular formula is C48H70N10O11S.